The molecule has 1 amide bonds. The van der Waals surface area contributed by atoms with Crippen LogP contribution in [-0.4, -0.2) is 30.7 Å². The highest BCUT2D eigenvalue weighted by molar-refractivity contribution is 5.52. The monoisotopic (exact) mass is 129 g/mol. The zero-order chi connectivity index (χ0) is 7.11. The van der Waals surface area contributed by atoms with Crippen molar-refractivity contribution in [3.05, 3.63) is 0 Å². The molecule has 0 bridgehead atoms. The predicted octanol–water partition coefficient (Wildman–Crippen LogP) is 0.0537. The molecule has 0 aromatic heterocycles. The number of rotatable bonds is 5. The Kier molecular flexibility index (Phi) is 4.78. The molecule has 9 heavy (non-hydrogen) atoms. The van der Waals surface area contributed by atoms with Crippen molar-refractivity contribution >= 4 is 12.7 Å². The van der Waals surface area contributed by atoms with E-state index in [0.29, 0.717) is 19.5 Å². The van der Waals surface area contributed by atoms with Crippen molar-refractivity contribution in [2.75, 3.05) is 13.1 Å². The summed E-state index contributed by atoms with van der Waals surface area (Å²) in [4.78, 5) is 21.4. The first-order valence-electron chi connectivity index (χ1n) is 2.98. The van der Waals surface area contributed by atoms with Crippen LogP contribution >= 0.6 is 0 Å². The third-order valence-corrected chi connectivity index (χ3v) is 1.09. The van der Waals surface area contributed by atoms with Gasteiger partial charge in [-0.05, 0) is 6.92 Å². The van der Waals surface area contributed by atoms with Crippen LogP contribution in [0.25, 0.3) is 0 Å². The van der Waals surface area contributed by atoms with Crippen LogP contribution in [0.15, 0.2) is 0 Å². The fourth-order valence-electron chi connectivity index (χ4n) is 0.504. The Morgan fingerprint density at radius 2 is 2.11 bits per heavy atom. The topological polar surface area (TPSA) is 37.4 Å². The van der Waals surface area contributed by atoms with Crippen LogP contribution in [0, 0.1) is 0 Å². The first kappa shape index (κ1) is 8.14. The van der Waals surface area contributed by atoms with Gasteiger partial charge in [0.15, 0.2) is 0 Å². The van der Waals surface area contributed by atoms with Crippen LogP contribution in [0.5, 0.6) is 0 Å². The van der Waals surface area contributed by atoms with E-state index >= 15 is 0 Å². The number of nitrogens with zero attached hydrogens (tertiary/aromatic N) is 1. The summed E-state index contributed by atoms with van der Waals surface area (Å²) < 4.78 is 0. The number of carbonyl (C=O) groups excluding carboxylic acids is 2. The fraction of sp³-hybridized carbons (Fsp3) is 0.667. The quantitative estimate of drug-likeness (QED) is 0.492. The van der Waals surface area contributed by atoms with Gasteiger partial charge in [-0.15, -0.1) is 0 Å². The van der Waals surface area contributed by atoms with Crippen molar-refractivity contribution in [3.63, 3.8) is 0 Å². The average Bonchev–Trinajstić information content (AvgIpc) is 1.91. The smallest absolute Gasteiger partial charge is 0.209 e. The number of hydrogen-bond acceptors (Lipinski definition) is 2. The molecule has 0 saturated heterocycles. The van der Waals surface area contributed by atoms with Crippen LogP contribution in [-0.2, 0) is 9.59 Å². The summed E-state index contributed by atoms with van der Waals surface area (Å²) in [6, 6.07) is 0. The zero-order valence-electron chi connectivity index (χ0n) is 5.54. The molecule has 0 N–H and O–H groups in total. The molecule has 52 valence electrons. The molecule has 0 atom stereocenters. The lowest BCUT2D eigenvalue weighted by Crippen LogP contribution is -2.22. The highest BCUT2D eigenvalue weighted by Gasteiger charge is 1.93. The van der Waals surface area contributed by atoms with Gasteiger partial charge in [-0.2, -0.15) is 0 Å². The first-order chi connectivity index (χ1) is 4.35. The van der Waals surface area contributed by atoms with Gasteiger partial charge in [0.1, 0.15) is 6.29 Å². The fourth-order valence-corrected chi connectivity index (χ4v) is 0.504. The molecule has 3 heteroatoms. The molecule has 0 saturated carbocycles. The summed E-state index contributed by atoms with van der Waals surface area (Å²) in [6.07, 6.45) is 2.00. The Morgan fingerprint density at radius 1 is 1.44 bits per heavy atom. The Morgan fingerprint density at radius 3 is 2.44 bits per heavy atom. The van der Waals surface area contributed by atoms with Crippen LogP contribution < -0.4 is 0 Å². The van der Waals surface area contributed by atoms with Crippen molar-refractivity contribution in [1.82, 2.24) is 4.90 Å². The van der Waals surface area contributed by atoms with Gasteiger partial charge >= 0.3 is 0 Å². The molecule has 0 aromatic rings. The standard InChI is InChI=1S/C6H11NO2/c1-2-7(6-9)4-3-5-8/h5-6H,2-4H2,1H3. The molecular formula is C6H11NO2. The summed E-state index contributed by atoms with van der Waals surface area (Å²) in [6.45, 7) is 3.10. The molecule has 3 nitrogen and oxygen atoms in total. The molecule has 0 aliphatic rings. The van der Waals surface area contributed by atoms with Crippen molar-refractivity contribution in [1.29, 1.82) is 0 Å². The van der Waals surface area contributed by atoms with Crippen molar-refractivity contribution in [2.45, 2.75) is 13.3 Å². The number of carbonyl (C=O) groups is 2. The third-order valence-electron chi connectivity index (χ3n) is 1.09. The van der Waals surface area contributed by atoms with Gasteiger partial charge in [0.2, 0.25) is 6.41 Å². The normalized spacial score (nSPS) is 8.56. The molecular weight excluding hydrogens is 118 g/mol. The SMILES string of the molecule is CCN(C=O)CCC=O. The Balaban J connectivity index is 3.30. The minimum atomic E-state index is 0.437. The molecule has 0 aromatic carbocycles. The van der Waals surface area contributed by atoms with E-state index in [2.05, 4.69) is 0 Å². The summed E-state index contributed by atoms with van der Waals surface area (Å²) >= 11 is 0. The predicted molar refractivity (Wildman–Crippen MR) is 34.0 cm³/mol. The second-order valence-electron chi connectivity index (χ2n) is 1.69. The van der Waals surface area contributed by atoms with E-state index in [-0.39, 0.29) is 0 Å². The lowest BCUT2D eigenvalue weighted by molar-refractivity contribution is -0.118. The number of hydrogen-bond donors (Lipinski definition) is 0. The van der Waals surface area contributed by atoms with Crippen LogP contribution in [0.1, 0.15) is 13.3 Å². The van der Waals surface area contributed by atoms with Gasteiger partial charge in [-0.1, -0.05) is 0 Å². The summed E-state index contributed by atoms with van der Waals surface area (Å²) in [7, 11) is 0. The van der Waals surface area contributed by atoms with E-state index < -0.39 is 0 Å². The van der Waals surface area contributed by atoms with E-state index in [1.807, 2.05) is 6.92 Å². The van der Waals surface area contributed by atoms with E-state index in [1.54, 1.807) is 4.90 Å². The first-order valence-corrected chi connectivity index (χ1v) is 2.98. The van der Waals surface area contributed by atoms with Gasteiger partial charge in [-0.25, -0.2) is 0 Å². The minimum absolute atomic E-state index is 0.437. The molecule has 0 aliphatic carbocycles. The second-order valence-corrected chi connectivity index (χ2v) is 1.69. The minimum Gasteiger partial charge on any atom is -0.345 e. The van der Waals surface area contributed by atoms with Gasteiger partial charge in [-0.3, -0.25) is 4.79 Å². The van der Waals surface area contributed by atoms with E-state index in [0.717, 1.165) is 12.7 Å². The van der Waals surface area contributed by atoms with Crippen molar-refractivity contribution in [2.24, 2.45) is 0 Å². The molecule has 0 spiro atoms. The highest BCUT2D eigenvalue weighted by atomic mass is 16.1. The third kappa shape index (κ3) is 3.70. The number of aldehydes is 1. The zero-order valence-corrected chi connectivity index (χ0v) is 5.54. The lowest BCUT2D eigenvalue weighted by atomic mass is 10.4. The van der Waals surface area contributed by atoms with Crippen molar-refractivity contribution in [3.8, 4) is 0 Å². The molecule has 0 radical (unpaired) electrons. The van der Waals surface area contributed by atoms with Crippen LogP contribution in [0.2, 0.25) is 0 Å². The average molecular weight is 129 g/mol. The molecule has 0 heterocycles. The Labute approximate surface area is 54.6 Å². The maximum absolute atomic E-state index is 10.1. The number of amides is 1. The molecule has 0 fully saturated rings. The van der Waals surface area contributed by atoms with Gasteiger partial charge < -0.3 is 9.69 Å². The Bertz CT molecular complexity index is 93.1. The van der Waals surface area contributed by atoms with Gasteiger partial charge in [0.25, 0.3) is 0 Å². The van der Waals surface area contributed by atoms with Gasteiger partial charge in [0.05, 0.1) is 0 Å². The second kappa shape index (κ2) is 5.28. The molecule has 0 aliphatic heterocycles. The maximum Gasteiger partial charge on any atom is 0.209 e. The summed E-state index contributed by atoms with van der Waals surface area (Å²) in [5.41, 5.74) is 0. The van der Waals surface area contributed by atoms with Crippen LogP contribution in [0.4, 0.5) is 0 Å². The summed E-state index contributed by atoms with van der Waals surface area (Å²) in [5.74, 6) is 0. The molecule has 0 rings (SSSR count). The van der Waals surface area contributed by atoms with E-state index in [1.165, 1.54) is 0 Å². The summed E-state index contributed by atoms with van der Waals surface area (Å²) in [5, 5.41) is 0. The van der Waals surface area contributed by atoms with Crippen molar-refractivity contribution < 1.29 is 9.59 Å². The van der Waals surface area contributed by atoms with Gasteiger partial charge in [0, 0.05) is 19.5 Å². The largest absolute Gasteiger partial charge is 0.345 e. The Hall–Kier alpha value is -0.860. The van der Waals surface area contributed by atoms with E-state index in [4.69, 9.17) is 0 Å². The highest BCUT2D eigenvalue weighted by Crippen LogP contribution is 1.82. The molecule has 0 unspecified atom stereocenters. The maximum atomic E-state index is 10.1. The van der Waals surface area contributed by atoms with E-state index in [9.17, 15) is 9.59 Å². The van der Waals surface area contributed by atoms with Crippen LogP contribution in [0.3, 0.4) is 0 Å². The lowest BCUT2D eigenvalue weighted by Gasteiger charge is -2.11.